The number of thioether (sulfide) groups is 1. The highest BCUT2D eigenvalue weighted by atomic mass is 32.2. The fraction of sp³-hybridized carbons (Fsp3) is 0.133. The maximum absolute atomic E-state index is 5.77. The molecule has 0 spiro atoms. The van der Waals surface area contributed by atoms with Gasteiger partial charge in [-0.05, 0) is 40.9 Å². The monoisotopic (exact) mass is 356 g/mol. The number of tetrazole rings is 1. The molecule has 1 aromatic carbocycles. The predicted molar refractivity (Wildman–Crippen MR) is 91.0 cm³/mol. The van der Waals surface area contributed by atoms with E-state index < -0.39 is 0 Å². The molecule has 3 aromatic heterocycles. The van der Waals surface area contributed by atoms with Crippen molar-refractivity contribution in [3.63, 3.8) is 0 Å². The normalized spacial score (nSPS) is 12.4. The third-order valence-electron chi connectivity index (χ3n) is 3.24. The zero-order valence-electron chi connectivity index (χ0n) is 12.6. The first-order chi connectivity index (χ1) is 11.8. The van der Waals surface area contributed by atoms with Gasteiger partial charge in [0.25, 0.3) is 5.89 Å². The van der Waals surface area contributed by atoms with E-state index in [1.807, 2.05) is 54.8 Å². The summed E-state index contributed by atoms with van der Waals surface area (Å²) in [5.74, 6) is 1.08. The van der Waals surface area contributed by atoms with Gasteiger partial charge in [0.05, 0.1) is 15.8 Å². The summed E-state index contributed by atoms with van der Waals surface area (Å²) < 4.78 is 7.47. The van der Waals surface area contributed by atoms with E-state index in [0.717, 1.165) is 10.6 Å². The molecular formula is C15H12N6OS2. The second-order valence-electron chi connectivity index (χ2n) is 4.89. The van der Waals surface area contributed by atoms with Gasteiger partial charge in [0, 0.05) is 0 Å². The van der Waals surface area contributed by atoms with E-state index in [1.165, 1.54) is 11.8 Å². The number of aromatic nitrogens is 6. The van der Waals surface area contributed by atoms with Gasteiger partial charge in [-0.3, -0.25) is 0 Å². The molecule has 0 aliphatic heterocycles. The van der Waals surface area contributed by atoms with Gasteiger partial charge in [-0.2, -0.15) is 4.68 Å². The minimum atomic E-state index is -0.0697. The standard InChI is InChI=1S/C15H12N6OS2/c1-10(13-16-17-14(22-13)12-8-5-9-23-12)24-15-18-19-20-21(15)11-6-3-2-4-7-11/h2-10H,1H3. The van der Waals surface area contributed by atoms with Crippen molar-refractivity contribution >= 4 is 23.1 Å². The summed E-state index contributed by atoms with van der Waals surface area (Å²) >= 11 is 3.04. The van der Waals surface area contributed by atoms with Crippen molar-refractivity contribution in [1.29, 1.82) is 0 Å². The van der Waals surface area contributed by atoms with Crippen LogP contribution in [0.3, 0.4) is 0 Å². The maximum Gasteiger partial charge on any atom is 0.257 e. The number of hydrogen-bond acceptors (Lipinski definition) is 8. The van der Waals surface area contributed by atoms with Crippen molar-refractivity contribution in [1.82, 2.24) is 30.4 Å². The second kappa shape index (κ2) is 6.54. The van der Waals surface area contributed by atoms with E-state index in [4.69, 9.17) is 4.42 Å². The number of para-hydroxylation sites is 1. The fourth-order valence-electron chi connectivity index (χ4n) is 2.09. The highest BCUT2D eigenvalue weighted by molar-refractivity contribution is 7.99. The first-order valence-corrected chi connectivity index (χ1v) is 8.95. The first kappa shape index (κ1) is 15.0. The Kier molecular flexibility index (Phi) is 4.09. The van der Waals surface area contributed by atoms with E-state index >= 15 is 0 Å². The van der Waals surface area contributed by atoms with Crippen molar-refractivity contribution in [2.24, 2.45) is 0 Å². The van der Waals surface area contributed by atoms with Crippen molar-refractivity contribution in [3.05, 3.63) is 53.7 Å². The van der Waals surface area contributed by atoms with Crippen molar-refractivity contribution in [2.45, 2.75) is 17.3 Å². The summed E-state index contributed by atoms with van der Waals surface area (Å²) in [6, 6.07) is 13.7. The molecule has 3 heterocycles. The van der Waals surface area contributed by atoms with E-state index in [0.29, 0.717) is 16.9 Å². The molecule has 0 saturated heterocycles. The number of thiophene rings is 1. The molecule has 0 fully saturated rings. The van der Waals surface area contributed by atoms with Crippen LogP contribution in [0.1, 0.15) is 18.1 Å². The molecule has 0 amide bonds. The Balaban J connectivity index is 1.55. The van der Waals surface area contributed by atoms with Crippen LogP contribution < -0.4 is 0 Å². The smallest absolute Gasteiger partial charge is 0.257 e. The third kappa shape index (κ3) is 2.95. The molecule has 4 rings (SSSR count). The van der Waals surface area contributed by atoms with Crippen LogP contribution in [0.15, 0.2) is 57.4 Å². The van der Waals surface area contributed by atoms with Crippen LogP contribution >= 0.6 is 23.1 Å². The van der Waals surface area contributed by atoms with Gasteiger partial charge in [-0.1, -0.05) is 36.0 Å². The minimum Gasteiger partial charge on any atom is -0.419 e. The fourth-order valence-corrected chi connectivity index (χ4v) is 3.57. The van der Waals surface area contributed by atoms with E-state index in [-0.39, 0.29) is 5.25 Å². The number of rotatable bonds is 5. The molecule has 0 N–H and O–H groups in total. The summed E-state index contributed by atoms with van der Waals surface area (Å²) in [4.78, 5) is 0.958. The van der Waals surface area contributed by atoms with Gasteiger partial charge < -0.3 is 4.42 Å². The van der Waals surface area contributed by atoms with Crippen LogP contribution in [0, 0.1) is 0 Å². The third-order valence-corrected chi connectivity index (χ3v) is 5.12. The van der Waals surface area contributed by atoms with Crippen LogP contribution in [0.5, 0.6) is 0 Å². The average molecular weight is 356 g/mol. The van der Waals surface area contributed by atoms with Gasteiger partial charge in [0.1, 0.15) is 0 Å². The Bertz CT molecular complexity index is 919. The Labute approximate surface area is 145 Å². The molecule has 0 saturated carbocycles. The summed E-state index contributed by atoms with van der Waals surface area (Å²) in [5.41, 5.74) is 0.905. The molecule has 0 bridgehead atoms. The van der Waals surface area contributed by atoms with Gasteiger partial charge in [-0.15, -0.1) is 26.6 Å². The number of hydrogen-bond donors (Lipinski definition) is 0. The lowest BCUT2D eigenvalue weighted by molar-refractivity contribution is 0.510. The Morgan fingerprint density at radius 2 is 1.96 bits per heavy atom. The van der Waals surface area contributed by atoms with Crippen molar-refractivity contribution in [2.75, 3.05) is 0 Å². The van der Waals surface area contributed by atoms with E-state index in [9.17, 15) is 0 Å². The summed E-state index contributed by atoms with van der Waals surface area (Å²) in [6.07, 6.45) is 0. The quantitative estimate of drug-likeness (QED) is 0.505. The van der Waals surface area contributed by atoms with Crippen LogP contribution in [0.2, 0.25) is 0 Å². The molecule has 9 heteroatoms. The molecule has 0 aliphatic rings. The SMILES string of the molecule is CC(Sc1nnnn1-c1ccccc1)c1nnc(-c2cccs2)o1. The highest BCUT2D eigenvalue weighted by Crippen LogP contribution is 2.35. The highest BCUT2D eigenvalue weighted by Gasteiger charge is 2.20. The second-order valence-corrected chi connectivity index (χ2v) is 7.15. The molecular weight excluding hydrogens is 344 g/mol. The Morgan fingerprint density at radius 3 is 2.75 bits per heavy atom. The largest absolute Gasteiger partial charge is 0.419 e. The summed E-state index contributed by atoms with van der Waals surface area (Å²) in [5, 5.41) is 22.7. The lowest BCUT2D eigenvalue weighted by atomic mass is 10.3. The van der Waals surface area contributed by atoms with Crippen LogP contribution in [-0.4, -0.2) is 30.4 Å². The Morgan fingerprint density at radius 1 is 1.08 bits per heavy atom. The van der Waals surface area contributed by atoms with Gasteiger partial charge in [0.2, 0.25) is 11.0 Å². The Hall–Kier alpha value is -2.52. The molecule has 7 nitrogen and oxygen atoms in total. The van der Waals surface area contributed by atoms with Gasteiger partial charge in [0.15, 0.2) is 0 Å². The van der Waals surface area contributed by atoms with Crippen molar-refractivity contribution in [3.8, 4) is 16.5 Å². The van der Waals surface area contributed by atoms with Crippen LogP contribution in [0.4, 0.5) is 0 Å². The molecule has 0 aliphatic carbocycles. The van der Waals surface area contributed by atoms with E-state index in [2.05, 4.69) is 25.7 Å². The first-order valence-electron chi connectivity index (χ1n) is 7.19. The molecule has 1 atom stereocenters. The van der Waals surface area contributed by atoms with Crippen LogP contribution in [-0.2, 0) is 0 Å². The topological polar surface area (TPSA) is 82.5 Å². The lowest BCUT2D eigenvalue weighted by Gasteiger charge is -2.06. The molecule has 0 radical (unpaired) electrons. The van der Waals surface area contributed by atoms with Gasteiger partial charge >= 0.3 is 0 Å². The van der Waals surface area contributed by atoms with Crippen molar-refractivity contribution < 1.29 is 4.42 Å². The number of benzene rings is 1. The predicted octanol–water partition coefficient (Wildman–Crippen LogP) is 3.63. The van der Waals surface area contributed by atoms with E-state index in [1.54, 1.807) is 16.0 Å². The van der Waals surface area contributed by atoms with Gasteiger partial charge in [-0.25, -0.2) is 0 Å². The molecule has 1 unspecified atom stereocenters. The average Bonchev–Trinajstić information content (AvgIpc) is 3.36. The summed E-state index contributed by atoms with van der Waals surface area (Å²) in [7, 11) is 0. The molecule has 120 valence electrons. The lowest BCUT2D eigenvalue weighted by Crippen LogP contribution is -2.00. The minimum absolute atomic E-state index is 0.0697. The summed E-state index contributed by atoms with van der Waals surface area (Å²) in [6.45, 7) is 1.99. The zero-order chi connectivity index (χ0) is 16.4. The molecule has 24 heavy (non-hydrogen) atoms. The maximum atomic E-state index is 5.77. The van der Waals surface area contributed by atoms with Crippen LogP contribution in [0.25, 0.3) is 16.5 Å². The molecule has 4 aromatic rings. The zero-order valence-corrected chi connectivity index (χ0v) is 14.2. The number of nitrogens with zero attached hydrogens (tertiary/aromatic N) is 6.